The molecule has 4 N–H and O–H groups in total. The largest absolute Gasteiger partial charge is 0.478 e. The Hall–Kier alpha value is -2.08. The number of nitrogen functional groups attached to an aromatic ring is 1. The molecule has 94 valence electrons. The fourth-order valence-corrected chi connectivity index (χ4v) is 2.37. The van der Waals surface area contributed by atoms with Crippen LogP contribution in [0.2, 0.25) is 0 Å². The van der Waals surface area contributed by atoms with E-state index < -0.39 is 5.97 Å². The first-order chi connectivity index (χ1) is 8.56. The molecule has 0 aromatic carbocycles. The highest BCUT2D eigenvalue weighted by molar-refractivity contribution is 7.11. The number of carboxylic acid groups (broad SMARTS) is 1. The van der Waals surface area contributed by atoms with Crippen LogP contribution in [0.3, 0.4) is 0 Å². The summed E-state index contributed by atoms with van der Waals surface area (Å²) in [5.41, 5.74) is 5.95. The number of carbonyl (C=O) groups is 1. The maximum Gasteiger partial charge on any atom is 0.339 e. The summed E-state index contributed by atoms with van der Waals surface area (Å²) in [6.07, 6.45) is 1.44. The van der Waals surface area contributed by atoms with Crippen LogP contribution < -0.4 is 11.1 Å². The summed E-state index contributed by atoms with van der Waals surface area (Å²) >= 11 is 1.66. The van der Waals surface area contributed by atoms with Crippen LogP contribution >= 0.6 is 11.3 Å². The lowest BCUT2D eigenvalue weighted by molar-refractivity contribution is 0.0697. The van der Waals surface area contributed by atoms with Crippen molar-refractivity contribution in [3.05, 3.63) is 39.7 Å². The van der Waals surface area contributed by atoms with Gasteiger partial charge >= 0.3 is 5.97 Å². The van der Waals surface area contributed by atoms with Gasteiger partial charge in [-0.05, 0) is 25.1 Å². The summed E-state index contributed by atoms with van der Waals surface area (Å²) in [4.78, 5) is 17.4. The van der Waals surface area contributed by atoms with Crippen molar-refractivity contribution in [3.8, 4) is 0 Å². The minimum atomic E-state index is -1.04. The van der Waals surface area contributed by atoms with Gasteiger partial charge in [0.05, 0.1) is 18.4 Å². The van der Waals surface area contributed by atoms with E-state index in [1.165, 1.54) is 17.1 Å². The number of hydrogen-bond acceptors (Lipinski definition) is 5. The van der Waals surface area contributed by atoms with Gasteiger partial charge in [0.15, 0.2) is 0 Å². The van der Waals surface area contributed by atoms with Gasteiger partial charge in [0.1, 0.15) is 11.4 Å². The number of aromatic carboxylic acids is 1. The number of nitrogens with zero attached hydrogens (tertiary/aromatic N) is 1. The van der Waals surface area contributed by atoms with Gasteiger partial charge in [0, 0.05) is 9.75 Å². The van der Waals surface area contributed by atoms with Gasteiger partial charge < -0.3 is 16.2 Å². The highest BCUT2D eigenvalue weighted by Gasteiger charge is 2.11. The van der Waals surface area contributed by atoms with E-state index in [-0.39, 0.29) is 5.56 Å². The van der Waals surface area contributed by atoms with Gasteiger partial charge in [-0.15, -0.1) is 11.3 Å². The molecule has 5 nitrogen and oxygen atoms in total. The number of thiophene rings is 1. The van der Waals surface area contributed by atoms with E-state index >= 15 is 0 Å². The van der Waals surface area contributed by atoms with Gasteiger partial charge in [0.2, 0.25) is 0 Å². The smallest absolute Gasteiger partial charge is 0.339 e. The second-order valence-corrected chi connectivity index (χ2v) is 5.21. The molecular weight excluding hydrogens is 250 g/mol. The minimum absolute atomic E-state index is 0.0864. The number of nitrogens with one attached hydrogen (secondary N) is 1. The second kappa shape index (κ2) is 5.05. The summed E-state index contributed by atoms with van der Waals surface area (Å²) < 4.78 is 0. The lowest BCUT2D eigenvalue weighted by Gasteiger charge is -2.07. The first kappa shape index (κ1) is 12.4. The SMILES string of the molecule is Cc1ccc(CNc2ncc(N)cc2C(=O)O)s1. The first-order valence-electron chi connectivity index (χ1n) is 5.34. The molecule has 0 aliphatic heterocycles. The zero-order valence-electron chi connectivity index (χ0n) is 9.80. The number of hydrogen-bond donors (Lipinski definition) is 3. The van der Waals surface area contributed by atoms with E-state index in [4.69, 9.17) is 10.8 Å². The maximum atomic E-state index is 11.1. The molecule has 2 rings (SSSR count). The highest BCUT2D eigenvalue weighted by Crippen LogP contribution is 2.19. The van der Waals surface area contributed by atoms with E-state index in [2.05, 4.69) is 10.3 Å². The Labute approximate surface area is 108 Å². The van der Waals surface area contributed by atoms with E-state index in [0.29, 0.717) is 18.1 Å². The molecule has 0 unspecified atom stereocenters. The molecule has 0 radical (unpaired) electrons. The molecule has 0 aliphatic rings. The third-order valence-corrected chi connectivity index (χ3v) is 3.37. The number of rotatable bonds is 4. The van der Waals surface area contributed by atoms with Crippen molar-refractivity contribution in [2.75, 3.05) is 11.1 Å². The fraction of sp³-hybridized carbons (Fsp3) is 0.167. The second-order valence-electron chi connectivity index (χ2n) is 3.84. The Morgan fingerprint density at radius 2 is 2.33 bits per heavy atom. The van der Waals surface area contributed by atoms with E-state index in [1.807, 2.05) is 19.1 Å². The molecule has 2 aromatic rings. The quantitative estimate of drug-likeness (QED) is 0.788. The normalized spacial score (nSPS) is 10.3. The third kappa shape index (κ3) is 2.78. The number of nitrogens with two attached hydrogens (primary N) is 1. The number of aromatic nitrogens is 1. The molecule has 0 bridgehead atoms. The highest BCUT2D eigenvalue weighted by atomic mass is 32.1. The van der Waals surface area contributed by atoms with Gasteiger partial charge in [-0.3, -0.25) is 0 Å². The molecule has 2 heterocycles. The van der Waals surface area contributed by atoms with Crippen molar-refractivity contribution >= 4 is 28.8 Å². The zero-order chi connectivity index (χ0) is 13.1. The van der Waals surface area contributed by atoms with Crippen molar-refractivity contribution in [2.45, 2.75) is 13.5 Å². The summed E-state index contributed by atoms with van der Waals surface area (Å²) in [5, 5.41) is 12.1. The van der Waals surface area contributed by atoms with Crippen LogP contribution in [0, 0.1) is 6.92 Å². The molecule has 6 heteroatoms. The van der Waals surface area contributed by atoms with E-state index in [9.17, 15) is 4.79 Å². The molecule has 0 spiro atoms. The van der Waals surface area contributed by atoms with Crippen molar-refractivity contribution < 1.29 is 9.90 Å². The summed E-state index contributed by atoms with van der Waals surface area (Å²) in [5.74, 6) is -0.706. The predicted molar refractivity (Wildman–Crippen MR) is 72.0 cm³/mol. The van der Waals surface area contributed by atoms with Crippen LogP contribution in [0.1, 0.15) is 20.1 Å². The first-order valence-corrected chi connectivity index (χ1v) is 6.16. The molecule has 18 heavy (non-hydrogen) atoms. The Bertz CT molecular complexity index is 580. The van der Waals surface area contributed by atoms with E-state index in [1.54, 1.807) is 11.3 Å². The number of carboxylic acids is 1. The molecule has 2 aromatic heterocycles. The number of aryl methyl sites for hydroxylation is 1. The Balaban J connectivity index is 2.16. The summed E-state index contributed by atoms with van der Waals surface area (Å²) in [6.45, 7) is 2.58. The van der Waals surface area contributed by atoms with E-state index in [0.717, 1.165) is 4.88 Å². The van der Waals surface area contributed by atoms with Crippen LogP contribution in [0.15, 0.2) is 24.4 Å². The third-order valence-electron chi connectivity index (χ3n) is 2.37. The van der Waals surface area contributed by atoms with Crippen molar-refractivity contribution in [2.24, 2.45) is 0 Å². The van der Waals surface area contributed by atoms with Crippen molar-refractivity contribution in [1.82, 2.24) is 4.98 Å². The Morgan fingerprint density at radius 1 is 1.56 bits per heavy atom. The monoisotopic (exact) mass is 263 g/mol. The molecular formula is C12H13N3O2S. The average Bonchev–Trinajstić information content (AvgIpc) is 2.73. The topological polar surface area (TPSA) is 88.2 Å². The standard InChI is InChI=1S/C12H13N3O2S/c1-7-2-3-9(18-7)6-15-11-10(12(16)17)4-8(13)5-14-11/h2-5H,6,13H2,1H3,(H,14,15)(H,16,17). The van der Waals surface area contributed by atoms with Gasteiger partial charge in [-0.1, -0.05) is 0 Å². The number of pyridine rings is 1. The summed E-state index contributed by atoms with van der Waals surface area (Å²) in [7, 11) is 0. The van der Waals surface area contributed by atoms with Crippen LogP contribution in [-0.2, 0) is 6.54 Å². The zero-order valence-corrected chi connectivity index (χ0v) is 10.6. The van der Waals surface area contributed by atoms with Crippen LogP contribution in [0.5, 0.6) is 0 Å². The van der Waals surface area contributed by atoms with Crippen LogP contribution in [0.4, 0.5) is 11.5 Å². The van der Waals surface area contributed by atoms with Crippen LogP contribution in [-0.4, -0.2) is 16.1 Å². The number of anilines is 2. The molecule has 0 saturated heterocycles. The fourth-order valence-electron chi connectivity index (χ4n) is 1.54. The Morgan fingerprint density at radius 3 is 2.94 bits per heavy atom. The lowest BCUT2D eigenvalue weighted by Crippen LogP contribution is -2.08. The molecule has 0 atom stereocenters. The van der Waals surface area contributed by atoms with Crippen LogP contribution in [0.25, 0.3) is 0 Å². The lowest BCUT2D eigenvalue weighted by atomic mass is 10.2. The molecule has 0 fully saturated rings. The van der Waals surface area contributed by atoms with Gasteiger partial charge in [-0.25, -0.2) is 9.78 Å². The maximum absolute atomic E-state index is 11.1. The van der Waals surface area contributed by atoms with Crippen molar-refractivity contribution in [3.63, 3.8) is 0 Å². The van der Waals surface area contributed by atoms with Crippen molar-refractivity contribution in [1.29, 1.82) is 0 Å². The predicted octanol–water partition coefficient (Wildman–Crippen LogP) is 2.34. The molecule has 0 amide bonds. The average molecular weight is 263 g/mol. The summed E-state index contributed by atoms with van der Waals surface area (Å²) in [6, 6.07) is 5.43. The molecule has 0 saturated carbocycles. The van der Waals surface area contributed by atoms with Gasteiger partial charge in [0.25, 0.3) is 0 Å². The van der Waals surface area contributed by atoms with Gasteiger partial charge in [-0.2, -0.15) is 0 Å². The minimum Gasteiger partial charge on any atom is -0.478 e. The molecule has 0 aliphatic carbocycles. The Kier molecular flexibility index (Phi) is 3.47.